The Balaban J connectivity index is 0. The molecule has 0 rings (SSSR count). The van der Waals surface area contributed by atoms with Crippen LogP contribution in [0.25, 0.3) is 0 Å². The molecule has 0 bridgehead atoms. The van der Waals surface area contributed by atoms with Crippen molar-refractivity contribution in [1.82, 2.24) is 0 Å². The molecule has 0 aromatic carbocycles. The quantitative estimate of drug-likeness (QED) is 0.540. The van der Waals surface area contributed by atoms with Gasteiger partial charge in [-0.2, -0.15) is 0 Å². The molecule has 0 aromatic heterocycles. The molecule has 0 saturated carbocycles. The predicted molar refractivity (Wildman–Crippen MR) is 47.0 cm³/mol. The SMILES string of the molecule is CCCC[N+](C)(CC)CC.[Br-]. The van der Waals surface area contributed by atoms with Crippen LogP contribution in [-0.4, -0.2) is 31.2 Å². The molecule has 1 nitrogen and oxygen atoms in total. The van der Waals surface area contributed by atoms with Gasteiger partial charge in [0.05, 0.1) is 26.7 Å². The van der Waals surface area contributed by atoms with E-state index in [9.17, 15) is 0 Å². The fraction of sp³-hybridized carbons (Fsp3) is 1.00. The Morgan fingerprint density at radius 2 is 1.45 bits per heavy atom. The normalized spacial score (nSPS) is 10.9. The smallest absolute Gasteiger partial charge is 0.0784 e. The predicted octanol–water partition coefficient (Wildman–Crippen LogP) is -0.723. The summed E-state index contributed by atoms with van der Waals surface area (Å²) in [6.07, 6.45) is 2.70. The summed E-state index contributed by atoms with van der Waals surface area (Å²) in [7, 11) is 2.34. The molecule has 0 fully saturated rings. The maximum atomic E-state index is 2.34. The second-order valence-electron chi connectivity index (χ2n) is 3.33. The highest BCUT2D eigenvalue weighted by Crippen LogP contribution is 2.03. The Labute approximate surface area is 82.1 Å². The second kappa shape index (κ2) is 7.11. The van der Waals surface area contributed by atoms with Crippen LogP contribution in [0.1, 0.15) is 33.6 Å². The van der Waals surface area contributed by atoms with Crippen molar-refractivity contribution in [3.8, 4) is 0 Å². The molecule has 0 aliphatic carbocycles. The van der Waals surface area contributed by atoms with Gasteiger partial charge in [0, 0.05) is 0 Å². The number of nitrogens with zero attached hydrogens (tertiary/aromatic N) is 1. The molecule has 0 aliphatic heterocycles. The molecule has 2 heteroatoms. The Morgan fingerprint density at radius 3 is 1.73 bits per heavy atom. The third-order valence-electron chi connectivity index (χ3n) is 2.58. The van der Waals surface area contributed by atoms with Crippen molar-refractivity contribution in [3.05, 3.63) is 0 Å². The molecule has 0 atom stereocenters. The van der Waals surface area contributed by atoms with Crippen molar-refractivity contribution in [3.63, 3.8) is 0 Å². The van der Waals surface area contributed by atoms with Gasteiger partial charge in [0.1, 0.15) is 0 Å². The van der Waals surface area contributed by atoms with Crippen LogP contribution in [-0.2, 0) is 0 Å². The summed E-state index contributed by atoms with van der Waals surface area (Å²) >= 11 is 0. The Hall–Kier alpha value is 0.440. The first-order chi connectivity index (χ1) is 4.68. The van der Waals surface area contributed by atoms with Gasteiger partial charge in [-0.3, -0.25) is 0 Å². The van der Waals surface area contributed by atoms with Gasteiger partial charge in [0.15, 0.2) is 0 Å². The summed E-state index contributed by atoms with van der Waals surface area (Å²) in [6.45, 7) is 10.7. The zero-order valence-corrected chi connectivity index (χ0v) is 9.95. The molecule has 0 N–H and O–H groups in total. The first-order valence-electron chi connectivity index (χ1n) is 4.52. The molecule has 0 amide bonds. The van der Waals surface area contributed by atoms with Gasteiger partial charge < -0.3 is 21.5 Å². The van der Waals surface area contributed by atoms with E-state index in [1.54, 1.807) is 0 Å². The van der Waals surface area contributed by atoms with Gasteiger partial charge in [-0.15, -0.1) is 0 Å². The number of unbranched alkanes of at least 4 members (excludes halogenated alkanes) is 1. The van der Waals surface area contributed by atoms with Gasteiger partial charge in [-0.1, -0.05) is 13.3 Å². The number of hydrogen-bond donors (Lipinski definition) is 0. The molecule has 0 aliphatic rings. The van der Waals surface area contributed by atoms with Crippen LogP contribution >= 0.6 is 0 Å². The van der Waals surface area contributed by atoms with E-state index >= 15 is 0 Å². The van der Waals surface area contributed by atoms with E-state index < -0.39 is 0 Å². The van der Waals surface area contributed by atoms with Crippen molar-refractivity contribution >= 4 is 0 Å². The van der Waals surface area contributed by atoms with Crippen molar-refractivity contribution in [1.29, 1.82) is 0 Å². The number of rotatable bonds is 5. The third-order valence-corrected chi connectivity index (χ3v) is 2.58. The van der Waals surface area contributed by atoms with Crippen molar-refractivity contribution in [2.24, 2.45) is 0 Å². The molecule has 11 heavy (non-hydrogen) atoms. The van der Waals surface area contributed by atoms with Crippen LogP contribution < -0.4 is 17.0 Å². The van der Waals surface area contributed by atoms with Crippen LogP contribution in [0.2, 0.25) is 0 Å². The van der Waals surface area contributed by atoms with E-state index in [0.717, 1.165) is 0 Å². The number of halogens is 1. The first-order valence-corrected chi connectivity index (χ1v) is 4.52. The van der Waals surface area contributed by atoms with Crippen molar-refractivity contribution in [2.75, 3.05) is 26.7 Å². The minimum Gasteiger partial charge on any atom is -1.00 e. The van der Waals surface area contributed by atoms with Gasteiger partial charge >= 0.3 is 0 Å². The van der Waals surface area contributed by atoms with Crippen LogP contribution in [0.15, 0.2) is 0 Å². The highest BCUT2D eigenvalue weighted by molar-refractivity contribution is 4.35. The lowest BCUT2D eigenvalue weighted by Crippen LogP contribution is -3.00. The van der Waals surface area contributed by atoms with Gasteiger partial charge in [0.2, 0.25) is 0 Å². The number of hydrogen-bond acceptors (Lipinski definition) is 0. The van der Waals surface area contributed by atoms with E-state index in [1.807, 2.05) is 0 Å². The maximum Gasteiger partial charge on any atom is 0.0784 e. The minimum absolute atomic E-state index is 0. The second-order valence-corrected chi connectivity index (χ2v) is 3.33. The van der Waals surface area contributed by atoms with Crippen molar-refractivity contribution < 1.29 is 21.5 Å². The maximum absolute atomic E-state index is 2.34. The van der Waals surface area contributed by atoms with E-state index in [1.165, 1.54) is 37.0 Å². The standard InChI is InChI=1S/C9H22N.BrH/c1-5-8-9-10(4,6-2)7-3;/h5-9H2,1-4H3;1H/q+1;/p-1. The Bertz CT molecular complexity index is 79.6. The lowest BCUT2D eigenvalue weighted by atomic mass is 10.3. The third kappa shape index (κ3) is 5.68. The average Bonchev–Trinajstić information content (AvgIpc) is 2.00. The summed E-state index contributed by atoms with van der Waals surface area (Å²) in [5, 5.41) is 0. The monoisotopic (exact) mass is 223 g/mol. The van der Waals surface area contributed by atoms with Crippen LogP contribution in [0, 0.1) is 0 Å². The van der Waals surface area contributed by atoms with E-state index in [4.69, 9.17) is 0 Å². The Morgan fingerprint density at radius 1 is 1.00 bits per heavy atom. The summed E-state index contributed by atoms with van der Waals surface area (Å²) in [5.41, 5.74) is 0. The summed E-state index contributed by atoms with van der Waals surface area (Å²) in [4.78, 5) is 0. The molecular formula is C9H22BrN. The average molecular weight is 224 g/mol. The zero-order chi connectivity index (χ0) is 8.04. The summed E-state index contributed by atoms with van der Waals surface area (Å²) in [5.74, 6) is 0. The van der Waals surface area contributed by atoms with Crippen LogP contribution in [0.4, 0.5) is 0 Å². The summed E-state index contributed by atoms with van der Waals surface area (Å²) < 4.78 is 1.24. The molecule has 0 radical (unpaired) electrons. The first kappa shape index (κ1) is 14.0. The van der Waals surface area contributed by atoms with Crippen LogP contribution in [0.3, 0.4) is 0 Å². The minimum atomic E-state index is 0. The van der Waals surface area contributed by atoms with Gasteiger partial charge in [-0.25, -0.2) is 0 Å². The molecular weight excluding hydrogens is 202 g/mol. The fourth-order valence-electron chi connectivity index (χ4n) is 1.08. The Kier molecular flexibility index (Phi) is 9.04. The molecule has 70 valence electrons. The van der Waals surface area contributed by atoms with E-state index in [0.29, 0.717) is 0 Å². The number of quaternary nitrogens is 1. The molecule has 0 unspecified atom stereocenters. The lowest BCUT2D eigenvalue weighted by molar-refractivity contribution is -0.906. The lowest BCUT2D eigenvalue weighted by Gasteiger charge is -2.31. The largest absolute Gasteiger partial charge is 1.00 e. The zero-order valence-electron chi connectivity index (χ0n) is 8.36. The van der Waals surface area contributed by atoms with E-state index in [-0.39, 0.29) is 17.0 Å². The summed E-state index contributed by atoms with van der Waals surface area (Å²) in [6, 6.07) is 0. The van der Waals surface area contributed by atoms with Gasteiger partial charge in [0.25, 0.3) is 0 Å². The van der Waals surface area contributed by atoms with E-state index in [2.05, 4.69) is 27.8 Å². The topological polar surface area (TPSA) is 0 Å². The highest BCUT2D eigenvalue weighted by Gasteiger charge is 2.13. The molecule has 0 saturated heterocycles. The fourth-order valence-corrected chi connectivity index (χ4v) is 1.08. The highest BCUT2D eigenvalue weighted by atomic mass is 79.9. The van der Waals surface area contributed by atoms with Gasteiger partial charge in [-0.05, 0) is 20.3 Å². The molecule has 0 aromatic rings. The van der Waals surface area contributed by atoms with Crippen molar-refractivity contribution in [2.45, 2.75) is 33.6 Å². The van der Waals surface area contributed by atoms with Crippen LogP contribution in [0.5, 0.6) is 0 Å². The molecule has 0 spiro atoms. The molecule has 0 heterocycles.